The molecule has 3 aromatic heterocycles. The number of nitrogens with two attached hydrogens (primary N) is 1. The lowest BCUT2D eigenvalue weighted by Crippen LogP contribution is -2.89. The molecule has 0 aliphatic rings. The molecule has 3 N–H and O–H groups in total. The van der Waals surface area contributed by atoms with Gasteiger partial charge in [0, 0.05) is 15.8 Å². The van der Waals surface area contributed by atoms with Gasteiger partial charge in [-0.3, -0.25) is 4.79 Å². The van der Waals surface area contributed by atoms with Crippen molar-refractivity contribution in [1.82, 2.24) is 9.97 Å². The van der Waals surface area contributed by atoms with Gasteiger partial charge in [-0.15, -0.1) is 22.7 Å². The summed E-state index contributed by atoms with van der Waals surface area (Å²) in [4.78, 5) is 22.0. The van der Waals surface area contributed by atoms with Crippen molar-refractivity contribution in [3.63, 3.8) is 0 Å². The molecular formula is C15H18N3OS2+. The Morgan fingerprint density at radius 3 is 2.76 bits per heavy atom. The monoisotopic (exact) mass is 320 g/mol. The van der Waals surface area contributed by atoms with E-state index in [0.29, 0.717) is 11.4 Å². The van der Waals surface area contributed by atoms with Crippen LogP contribution >= 0.6 is 22.7 Å². The van der Waals surface area contributed by atoms with Gasteiger partial charge in [-0.25, -0.2) is 4.98 Å². The molecule has 1 atom stereocenters. The van der Waals surface area contributed by atoms with E-state index in [1.54, 1.807) is 11.3 Å². The maximum absolute atomic E-state index is 12.5. The van der Waals surface area contributed by atoms with E-state index in [2.05, 4.69) is 36.1 Å². The number of nitrogens with one attached hydrogen (secondary N) is 1. The van der Waals surface area contributed by atoms with Gasteiger partial charge in [0.1, 0.15) is 10.9 Å². The standard InChI is InChI=1S/C15H17N3OS2/c1-8(2)16-9(3)13-17-14(19)12-10(7-21-15(12)18-13)11-5-4-6-20-11/h4-9,16H,1-3H3,(H,17,18,19)/p+1/t9-/m0/s1. The SMILES string of the molecule is CC(C)[NH2+][C@@H](C)c1nc2scc(-c3cccs3)c2c(=O)[nH]1. The number of quaternary nitrogens is 1. The lowest BCUT2D eigenvalue weighted by atomic mass is 10.2. The minimum absolute atomic E-state index is 0.0383. The summed E-state index contributed by atoms with van der Waals surface area (Å²) < 4.78 is 0. The molecule has 3 rings (SSSR count). The topological polar surface area (TPSA) is 62.4 Å². The second kappa shape index (κ2) is 5.71. The molecule has 0 amide bonds. The number of hydrogen-bond acceptors (Lipinski definition) is 4. The van der Waals surface area contributed by atoms with Crippen molar-refractivity contribution in [3.05, 3.63) is 39.1 Å². The summed E-state index contributed by atoms with van der Waals surface area (Å²) >= 11 is 3.18. The van der Waals surface area contributed by atoms with Crippen LogP contribution in [0.25, 0.3) is 20.7 Å². The van der Waals surface area contributed by atoms with Crippen LogP contribution in [0, 0.1) is 0 Å². The predicted molar refractivity (Wildman–Crippen MR) is 89.0 cm³/mol. The molecule has 0 saturated carbocycles. The van der Waals surface area contributed by atoms with Crippen LogP contribution in [0.3, 0.4) is 0 Å². The molecule has 110 valence electrons. The molecule has 0 spiro atoms. The van der Waals surface area contributed by atoms with Crippen molar-refractivity contribution in [2.24, 2.45) is 0 Å². The molecule has 0 saturated heterocycles. The first-order chi connectivity index (χ1) is 10.1. The Bertz CT molecular complexity index is 802. The van der Waals surface area contributed by atoms with E-state index in [0.717, 1.165) is 21.1 Å². The highest BCUT2D eigenvalue weighted by molar-refractivity contribution is 7.18. The number of nitrogens with zero attached hydrogens (tertiary/aromatic N) is 1. The Hall–Kier alpha value is -1.50. The Labute approximate surface area is 130 Å². The Morgan fingerprint density at radius 1 is 1.29 bits per heavy atom. The maximum Gasteiger partial charge on any atom is 0.260 e. The smallest absolute Gasteiger partial charge is 0.260 e. The zero-order chi connectivity index (χ0) is 15.0. The molecule has 0 unspecified atom stereocenters. The Kier molecular flexibility index (Phi) is 3.93. The summed E-state index contributed by atoms with van der Waals surface area (Å²) in [5, 5.41) is 6.95. The molecule has 0 aliphatic heterocycles. The summed E-state index contributed by atoms with van der Waals surface area (Å²) in [7, 11) is 0. The first-order valence-electron chi connectivity index (χ1n) is 6.96. The second-order valence-corrected chi connectivity index (χ2v) is 7.29. The van der Waals surface area contributed by atoms with E-state index in [1.807, 2.05) is 22.9 Å². The van der Waals surface area contributed by atoms with Crippen LogP contribution in [0.1, 0.15) is 32.6 Å². The van der Waals surface area contributed by atoms with Crippen LogP contribution in [-0.2, 0) is 0 Å². The number of rotatable bonds is 4. The van der Waals surface area contributed by atoms with Crippen LogP contribution in [-0.4, -0.2) is 16.0 Å². The summed E-state index contributed by atoms with van der Waals surface area (Å²) in [5.74, 6) is 0.751. The van der Waals surface area contributed by atoms with Crippen LogP contribution in [0.15, 0.2) is 27.7 Å². The van der Waals surface area contributed by atoms with Crippen molar-refractivity contribution in [1.29, 1.82) is 0 Å². The molecule has 3 heterocycles. The zero-order valence-electron chi connectivity index (χ0n) is 12.2. The molecule has 0 fully saturated rings. The van der Waals surface area contributed by atoms with Crippen LogP contribution in [0.2, 0.25) is 0 Å². The van der Waals surface area contributed by atoms with Crippen LogP contribution < -0.4 is 10.9 Å². The molecule has 21 heavy (non-hydrogen) atoms. The number of thiophene rings is 2. The Balaban J connectivity index is 2.09. The minimum atomic E-state index is -0.0383. The van der Waals surface area contributed by atoms with Crippen LogP contribution in [0.4, 0.5) is 0 Å². The summed E-state index contributed by atoms with van der Waals surface area (Å²) in [5.41, 5.74) is 0.953. The number of aromatic amines is 1. The van der Waals surface area contributed by atoms with E-state index < -0.39 is 0 Å². The van der Waals surface area contributed by atoms with Gasteiger partial charge in [0.15, 0.2) is 5.82 Å². The van der Waals surface area contributed by atoms with Gasteiger partial charge < -0.3 is 10.3 Å². The van der Waals surface area contributed by atoms with Crippen molar-refractivity contribution in [2.45, 2.75) is 32.9 Å². The number of aromatic nitrogens is 2. The van der Waals surface area contributed by atoms with E-state index in [4.69, 9.17) is 0 Å². The quantitative estimate of drug-likeness (QED) is 0.776. The molecule has 0 aliphatic carbocycles. The maximum atomic E-state index is 12.5. The van der Waals surface area contributed by atoms with Crippen molar-refractivity contribution in [3.8, 4) is 10.4 Å². The average molecular weight is 320 g/mol. The van der Waals surface area contributed by atoms with Gasteiger partial charge in [0.25, 0.3) is 5.56 Å². The first-order valence-corrected chi connectivity index (χ1v) is 8.72. The molecule has 3 aromatic rings. The third-order valence-electron chi connectivity index (χ3n) is 3.35. The Morgan fingerprint density at radius 2 is 2.10 bits per heavy atom. The largest absolute Gasteiger partial charge is 0.336 e. The molecule has 0 bridgehead atoms. The first kappa shape index (κ1) is 14.4. The summed E-state index contributed by atoms with van der Waals surface area (Å²) in [6.07, 6.45) is 0. The van der Waals surface area contributed by atoms with E-state index in [1.165, 1.54) is 11.3 Å². The van der Waals surface area contributed by atoms with E-state index >= 15 is 0 Å². The number of fused-ring (bicyclic) bond motifs is 1. The van der Waals surface area contributed by atoms with E-state index in [-0.39, 0.29) is 11.6 Å². The highest BCUT2D eigenvalue weighted by Gasteiger charge is 2.18. The third kappa shape index (κ3) is 2.79. The van der Waals surface area contributed by atoms with Gasteiger partial charge in [-0.2, -0.15) is 0 Å². The third-order valence-corrected chi connectivity index (χ3v) is 5.13. The molecular weight excluding hydrogens is 302 g/mol. The molecule has 0 radical (unpaired) electrons. The normalized spacial score (nSPS) is 13.1. The average Bonchev–Trinajstić information content (AvgIpc) is 3.05. The lowest BCUT2D eigenvalue weighted by molar-refractivity contribution is -0.720. The highest BCUT2D eigenvalue weighted by atomic mass is 32.1. The second-order valence-electron chi connectivity index (χ2n) is 5.48. The highest BCUT2D eigenvalue weighted by Crippen LogP contribution is 2.33. The van der Waals surface area contributed by atoms with Gasteiger partial charge >= 0.3 is 0 Å². The van der Waals surface area contributed by atoms with Crippen molar-refractivity contribution >= 4 is 32.9 Å². The lowest BCUT2D eigenvalue weighted by Gasteiger charge is -2.12. The molecule has 6 heteroatoms. The number of H-pyrrole nitrogens is 1. The van der Waals surface area contributed by atoms with Gasteiger partial charge in [-0.1, -0.05) is 6.07 Å². The molecule has 0 aromatic carbocycles. The fourth-order valence-corrected chi connectivity index (χ4v) is 4.23. The zero-order valence-corrected chi connectivity index (χ0v) is 13.8. The van der Waals surface area contributed by atoms with Crippen molar-refractivity contribution in [2.75, 3.05) is 0 Å². The fourth-order valence-electron chi connectivity index (χ4n) is 2.46. The van der Waals surface area contributed by atoms with E-state index in [9.17, 15) is 4.79 Å². The fraction of sp³-hybridized carbons (Fsp3) is 0.333. The van der Waals surface area contributed by atoms with Gasteiger partial charge in [-0.05, 0) is 32.2 Å². The van der Waals surface area contributed by atoms with Crippen LogP contribution in [0.5, 0.6) is 0 Å². The summed E-state index contributed by atoms with van der Waals surface area (Å²) in [6, 6.07) is 4.65. The van der Waals surface area contributed by atoms with Gasteiger partial charge in [0.05, 0.1) is 11.4 Å². The number of hydrogen-bond donors (Lipinski definition) is 2. The summed E-state index contributed by atoms with van der Waals surface area (Å²) in [6.45, 7) is 6.33. The molecule has 4 nitrogen and oxygen atoms in total. The van der Waals surface area contributed by atoms with Crippen molar-refractivity contribution < 1.29 is 5.32 Å². The van der Waals surface area contributed by atoms with Gasteiger partial charge in [0.2, 0.25) is 0 Å². The minimum Gasteiger partial charge on any atom is -0.336 e. The predicted octanol–water partition coefficient (Wildman–Crippen LogP) is 2.75.